The van der Waals surface area contributed by atoms with Gasteiger partial charge in [0.1, 0.15) is 17.1 Å². The first-order valence-corrected chi connectivity index (χ1v) is 13.4. The Labute approximate surface area is 238 Å². The highest BCUT2D eigenvalue weighted by Crippen LogP contribution is 2.43. The van der Waals surface area contributed by atoms with E-state index in [9.17, 15) is 18.8 Å². The Morgan fingerprint density at radius 2 is 1.79 bits per heavy atom. The number of nitrogens with two attached hydrogens (primary N) is 1. The molecule has 4 N–H and O–H groups in total. The number of benzene rings is 3. The van der Waals surface area contributed by atoms with E-state index in [-0.39, 0.29) is 34.5 Å². The number of halogens is 1. The van der Waals surface area contributed by atoms with Gasteiger partial charge in [0.25, 0.3) is 5.91 Å². The van der Waals surface area contributed by atoms with Crippen LogP contribution in [-0.2, 0) is 4.79 Å². The molecule has 0 bridgehead atoms. The highest BCUT2D eigenvalue weighted by Gasteiger charge is 2.60. The number of nitrogen functional groups attached to an aromatic ring is 1. The SMILES string of the molecule is Cc1cc2cc(C(=O)c3cnn(-c4ccc(Oc5ccccc5F)cc4C)c3N)[nH]c2cc1N1C(=O)NC2(CC2)C1=O. The molecule has 11 heteroatoms. The highest BCUT2D eigenvalue weighted by molar-refractivity contribution is 6.25. The lowest BCUT2D eigenvalue weighted by molar-refractivity contribution is -0.119. The number of hydrogen-bond acceptors (Lipinski definition) is 6. The summed E-state index contributed by atoms with van der Waals surface area (Å²) in [5, 5.41) is 7.90. The molecule has 1 spiro atoms. The van der Waals surface area contributed by atoms with Crippen molar-refractivity contribution >= 4 is 40.1 Å². The Balaban J connectivity index is 1.17. The standard InChI is InChI=1S/C31H25FN6O4/c1-16-11-18-13-23(35-22(18)14-25(16)37-29(40)31(9-10-31)36-30(37)41)27(39)20-15-34-38(28(20)33)24-8-7-19(12-17(24)2)42-26-6-4-3-5-21(26)32/h3-8,11-15,35H,9-10,33H2,1-2H3,(H,36,41). The number of fused-ring (bicyclic) bond motifs is 1. The van der Waals surface area contributed by atoms with Gasteiger partial charge in [0.2, 0.25) is 5.78 Å². The first-order valence-electron chi connectivity index (χ1n) is 13.4. The molecule has 10 nitrogen and oxygen atoms in total. The third-order valence-corrected chi connectivity index (χ3v) is 7.85. The minimum Gasteiger partial charge on any atom is -0.454 e. The summed E-state index contributed by atoms with van der Waals surface area (Å²) in [6.07, 6.45) is 2.68. The Morgan fingerprint density at radius 1 is 1.02 bits per heavy atom. The average Bonchev–Trinajstić information content (AvgIpc) is 3.35. The molecule has 0 atom stereocenters. The Bertz CT molecular complexity index is 1970. The van der Waals surface area contributed by atoms with E-state index in [1.54, 1.807) is 48.5 Å². The fraction of sp³-hybridized carbons (Fsp3) is 0.161. The van der Waals surface area contributed by atoms with Crippen LogP contribution in [0, 0.1) is 19.7 Å². The summed E-state index contributed by atoms with van der Waals surface area (Å²) < 4.78 is 21.2. The van der Waals surface area contributed by atoms with Crippen molar-refractivity contribution in [2.24, 2.45) is 0 Å². The molecule has 3 amide bonds. The van der Waals surface area contributed by atoms with E-state index in [2.05, 4.69) is 15.4 Å². The van der Waals surface area contributed by atoms with Crippen molar-refractivity contribution in [3.8, 4) is 17.2 Å². The van der Waals surface area contributed by atoms with Gasteiger partial charge in [0.05, 0.1) is 28.8 Å². The molecule has 0 unspecified atom stereocenters. The van der Waals surface area contributed by atoms with Gasteiger partial charge in [0.15, 0.2) is 11.6 Å². The summed E-state index contributed by atoms with van der Waals surface area (Å²) in [5.74, 6) is -0.381. The zero-order valence-corrected chi connectivity index (χ0v) is 22.7. The van der Waals surface area contributed by atoms with Crippen molar-refractivity contribution in [3.05, 3.63) is 95.1 Å². The molecule has 42 heavy (non-hydrogen) atoms. The number of amides is 3. The highest BCUT2D eigenvalue weighted by atomic mass is 19.1. The summed E-state index contributed by atoms with van der Waals surface area (Å²) in [6, 6.07) is 16.1. The molecule has 7 rings (SSSR count). The second-order valence-electron chi connectivity index (χ2n) is 10.7. The van der Waals surface area contributed by atoms with Crippen LogP contribution in [0.1, 0.15) is 40.0 Å². The number of ketones is 1. The summed E-state index contributed by atoms with van der Waals surface area (Å²) in [7, 11) is 0. The van der Waals surface area contributed by atoms with Gasteiger partial charge in [-0.1, -0.05) is 12.1 Å². The van der Waals surface area contributed by atoms with Gasteiger partial charge in [0, 0.05) is 10.9 Å². The van der Waals surface area contributed by atoms with Crippen LogP contribution in [0.2, 0.25) is 0 Å². The van der Waals surface area contributed by atoms with Gasteiger partial charge >= 0.3 is 6.03 Å². The summed E-state index contributed by atoms with van der Waals surface area (Å²) in [5.41, 5.74) is 9.31. The molecule has 0 radical (unpaired) electrons. The monoisotopic (exact) mass is 564 g/mol. The molecule has 2 fully saturated rings. The summed E-state index contributed by atoms with van der Waals surface area (Å²) >= 11 is 0. The molecule has 1 aliphatic carbocycles. The first kappa shape index (κ1) is 25.5. The lowest BCUT2D eigenvalue weighted by Gasteiger charge is -2.16. The van der Waals surface area contributed by atoms with E-state index in [1.807, 2.05) is 19.9 Å². The fourth-order valence-electron chi connectivity index (χ4n) is 5.40. The third kappa shape index (κ3) is 3.92. The Kier molecular flexibility index (Phi) is 5.49. The number of aromatic amines is 1. The van der Waals surface area contributed by atoms with Crippen LogP contribution in [0.25, 0.3) is 16.6 Å². The lowest BCUT2D eigenvalue weighted by Crippen LogP contribution is -2.32. The van der Waals surface area contributed by atoms with Crippen LogP contribution in [-0.4, -0.2) is 38.0 Å². The van der Waals surface area contributed by atoms with E-state index in [0.717, 1.165) is 16.5 Å². The van der Waals surface area contributed by atoms with Crippen LogP contribution in [0.3, 0.4) is 0 Å². The first-order chi connectivity index (χ1) is 20.1. The molecule has 1 aliphatic heterocycles. The van der Waals surface area contributed by atoms with Crippen LogP contribution in [0.5, 0.6) is 11.5 Å². The quantitative estimate of drug-likeness (QED) is 0.189. The second-order valence-corrected chi connectivity index (χ2v) is 10.7. The minimum atomic E-state index is -0.765. The zero-order valence-electron chi connectivity index (χ0n) is 22.7. The van der Waals surface area contributed by atoms with Crippen molar-refractivity contribution in [2.45, 2.75) is 32.2 Å². The molecule has 3 aromatic carbocycles. The van der Waals surface area contributed by atoms with Crippen molar-refractivity contribution in [2.75, 3.05) is 10.6 Å². The average molecular weight is 565 g/mol. The molecule has 1 saturated heterocycles. The maximum Gasteiger partial charge on any atom is 0.329 e. The zero-order chi connectivity index (χ0) is 29.3. The maximum absolute atomic E-state index is 14.0. The van der Waals surface area contributed by atoms with Crippen molar-refractivity contribution in [1.29, 1.82) is 0 Å². The van der Waals surface area contributed by atoms with Gasteiger partial charge in [-0.3, -0.25) is 9.59 Å². The maximum atomic E-state index is 14.0. The number of H-pyrrole nitrogens is 1. The molecular formula is C31H25FN6O4. The van der Waals surface area contributed by atoms with Gasteiger partial charge in [-0.25, -0.2) is 18.8 Å². The van der Waals surface area contributed by atoms with Crippen LogP contribution < -0.4 is 20.7 Å². The van der Waals surface area contributed by atoms with E-state index >= 15 is 0 Å². The van der Waals surface area contributed by atoms with Crippen LogP contribution in [0.15, 0.2) is 66.9 Å². The number of hydrogen-bond donors (Lipinski definition) is 3. The predicted octanol–water partition coefficient (Wildman–Crippen LogP) is 5.30. The van der Waals surface area contributed by atoms with Crippen molar-refractivity contribution < 1.29 is 23.5 Å². The smallest absolute Gasteiger partial charge is 0.329 e. The summed E-state index contributed by atoms with van der Waals surface area (Å²) in [6.45, 7) is 3.65. The number of nitrogens with zero attached hydrogens (tertiary/aromatic N) is 3. The molecule has 2 aliphatic rings. The molecule has 5 aromatic rings. The summed E-state index contributed by atoms with van der Waals surface area (Å²) in [4.78, 5) is 43.3. The molecule has 1 saturated carbocycles. The number of rotatable bonds is 6. The normalized spacial score (nSPS) is 15.5. The predicted molar refractivity (Wildman–Crippen MR) is 154 cm³/mol. The van der Waals surface area contributed by atoms with Crippen molar-refractivity contribution in [3.63, 3.8) is 0 Å². The van der Waals surface area contributed by atoms with Crippen LogP contribution in [0.4, 0.5) is 20.7 Å². The second kappa shape index (κ2) is 9.03. The number of imide groups is 1. The van der Waals surface area contributed by atoms with Crippen LogP contribution >= 0.6 is 0 Å². The number of ether oxygens (including phenoxy) is 1. The van der Waals surface area contributed by atoms with E-state index in [0.29, 0.717) is 35.5 Å². The minimum absolute atomic E-state index is 0.110. The largest absolute Gasteiger partial charge is 0.454 e. The number of anilines is 2. The van der Waals surface area contributed by atoms with E-state index in [1.165, 1.54) is 21.8 Å². The number of aryl methyl sites for hydroxylation is 2. The number of carbonyl (C=O) groups excluding carboxylic acids is 3. The third-order valence-electron chi connectivity index (χ3n) is 7.85. The topological polar surface area (TPSA) is 135 Å². The van der Waals surface area contributed by atoms with Gasteiger partial charge in [-0.05, 0) is 86.3 Å². The Morgan fingerprint density at radius 3 is 2.50 bits per heavy atom. The number of para-hydroxylation sites is 1. The van der Waals surface area contributed by atoms with Gasteiger partial charge < -0.3 is 20.8 Å². The number of aromatic nitrogens is 3. The van der Waals surface area contributed by atoms with Gasteiger partial charge in [-0.15, -0.1) is 0 Å². The van der Waals surface area contributed by atoms with E-state index in [4.69, 9.17) is 10.5 Å². The van der Waals surface area contributed by atoms with Gasteiger partial charge in [-0.2, -0.15) is 5.10 Å². The number of carbonyl (C=O) groups is 3. The number of nitrogens with one attached hydrogen (secondary N) is 2. The number of urea groups is 1. The van der Waals surface area contributed by atoms with E-state index < -0.39 is 17.4 Å². The van der Waals surface area contributed by atoms with Crippen molar-refractivity contribution in [1.82, 2.24) is 20.1 Å². The lowest BCUT2D eigenvalue weighted by atomic mass is 10.1. The molecule has 210 valence electrons. The Hall–Kier alpha value is -5.45. The molecular weight excluding hydrogens is 539 g/mol. The molecule has 3 heterocycles. The molecule has 2 aromatic heterocycles. The fourth-order valence-corrected chi connectivity index (χ4v) is 5.40.